The minimum absolute atomic E-state index is 0.187. The standard InChI is InChI=1S/C32H53N7O4/c1-7-9-17-43-31-35-29(33)28-30(36-31)39(32(41)34-28)22-25-11-15-38(16-12-25)14-10-13-37(5)21-24(8-2)19-26(18-23(3)4)20-27(40)42-6/h8,19,23,25H,7,9-18,20-22H2,1-6H3,(H,34,41)(H2,33,35,36)/b24-8+,26-19+. The number of nitrogens with two attached hydrogens (primary N) is 1. The summed E-state index contributed by atoms with van der Waals surface area (Å²) in [5.74, 6) is 0.926. The summed E-state index contributed by atoms with van der Waals surface area (Å²) in [5, 5.41) is 0. The Morgan fingerprint density at radius 2 is 1.98 bits per heavy atom. The van der Waals surface area contributed by atoms with Crippen molar-refractivity contribution in [3.63, 3.8) is 0 Å². The Balaban J connectivity index is 1.47. The number of rotatable bonds is 17. The molecule has 0 aromatic carbocycles. The maximum absolute atomic E-state index is 12.8. The van der Waals surface area contributed by atoms with Gasteiger partial charge in [0.15, 0.2) is 11.5 Å². The van der Waals surface area contributed by atoms with E-state index in [4.69, 9.17) is 15.2 Å². The molecule has 0 saturated carbocycles. The number of nitrogens with one attached hydrogen (secondary N) is 1. The first-order chi connectivity index (χ1) is 20.6. The summed E-state index contributed by atoms with van der Waals surface area (Å²) < 4.78 is 12.3. The number of esters is 1. The van der Waals surface area contributed by atoms with Crippen molar-refractivity contribution >= 4 is 23.0 Å². The molecular weight excluding hydrogens is 546 g/mol. The maximum atomic E-state index is 12.8. The molecule has 0 radical (unpaired) electrons. The van der Waals surface area contributed by atoms with Crippen LogP contribution >= 0.6 is 0 Å². The van der Waals surface area contributed by atoms with Gasteiger partial charge in [-0.15, -0.1) is 0 Å². The number of aromatic amines is 1. The Morgan fingerprint density at radius 3 is 2.63 bits per heavy atom. The van der Waals surface area contributed by atoms with Crippen LogP contribution in [-0.2, 0) is 16.1 Å². The molecule has 1 saturated heterocycles. The lowest BCUT2D eigenvalue weighted by Crippen LogP contribution is -2.37. The van der Waals surface area contributed by atoms with Crippen molar-refractivity contribution in [1.29, 1.82) is 0 Å². The number of methoxy groups -OCH3 is 1. The normalized spacial score (nSPS) is 15.6. The molecule has 1 fully saturated rings. The number of carbonyl (C=O) groups excluding carboxylic acids is 1. The van der Waals surface area contributed by atoms with Crippen LogP contribution in [0.1, 0.15) is 72.6 Å². The van der Waals surface area contributed by atoms with E-state index in [9.17, 15) is 9.59 Å². The van der Waals surface area contributed by atoms with E-state index >= 15 is 0 Å². The third kappa shape index (κ3) is 10.8. The summed E-state index contributed by atoms with van der Waals surface area (Å²) in [5.41, 5.74) is 9.25. The number of hydrogen-bond donors (Lipinski definition) is 2. The number of likely N-dealkylation sites (N-methyl/N-ethyl adjacent to an activating group) is 1. The number of hydrogen-bond acceptors (Lipinski definition) is 9. The van der Waals surface area contributed by atoms with Gasteiger partial charge >= 0.3 is 17.7 Å². The second kappa shape index (κ2) is 17.2. The van der Waals surface area contributed by atoms with Gasteiger partial charge in [0.1, 0.15) is 5.52 Å². The van der Waals surface area contributed by atoms with E-state index < -0.39 is 0 Å². The molecule has 0 aliphatic carbocycles. The first-order valence-corrected chi connectivity index (χ1v) is 15.8. The van der Waals surface area contributed by atoms with Gasteiger partial charge in [0.05, 0.1) is 20.1 Å². The Kier molecular flexibility index (Phi) is 13.7. The highest BCUT2D eigenvalue weighted by molar-refractivity contribution is 5.81. The number of nitrogen functional groups attached to an aromatic ring is 1. The molecule has 240 valence electrons. The van der Waals surface area contributed by atoms with Gasteiger partial charge in [0.2, 0.25) is 0 Å². The molecule has 0 spiro atoms. The molecule has 2 aromatic heterocycles. The highest BCUT2D eigenvalue weighted by Crippen LogP contribution is 2.23. The van der Waals surface area contributed by atoms with Crippen LogP contribution in [0.5, 0.6) is 6.01 Å². The molecule has 0 amide bonds. The van der Waals surface area contributed by atoms with Crippen LogP contribution in [0.2, 0.25) is 0 Å². The number of unbranched alkanes of at least 4 members (excludes halogenated alkanes) is 1. The number of fused-ring (bicyclic) bond motifs is 1. The molecule has 2 aromatic rings. The van der Waals surface area contributed by atoms with Gasteiger partial charge in [0, 0.05) is 13.1 Å². The van der Waals surface area contributed by atoms with Gasteiger partial charge < -0.3 is 30.0 Å². The third-order valence-electron chi connectivity index (χ3n) is 8.00. The summed E-state index contributed by atoms with van der Waals surface area (Å²) in [6.45, 7) is 14.5. The molecule has 43 heavy (non-hydrogen) atoms. The van der Waals surface area contributed by atoms with E-state index in [2.05, 4.69) is 71.6 Å². The van der Waals surface area contributed by atoms with E-state index in [1.807, 2.05) is 0 Å². The number of H-pyrrole nitrogens is 1. The zero-order valence-electron chi connectivity index (χ0n) is 27.2. The Bertz CT molecular complexity index is 1290. The van der Waals surface area contributed by atoms with Crippen molar-refractivity contribution in [3.05, 3.63) is 33.8 Å². The zero-order valence-corrected chi connectivity index (χ0v) is 27.2. The van der Waals surface area contributed by atoms with Crippen LogP contribution < -0.4 is 16.2 Å². The molecule has 11 heteroatoms. The van der Waals surface area contributed by atoms with Gasteiger partial charge in [-0.2, -0.15) is 9.97 Å². The van der Waals surface area contributed by atoms with Gasteiger partial charge in [0.25, 0.3) is 0 Å². The van der Waals surface area contributed by atoms with Gasteiger partial charge in [-0.05, 0) is 89.7 Å². The number of allylic oxidation sites excluding steroid dienone is 1. The number of piperidine rings is 1. The summed E-state index contributed by atoms with van der Waals surface area (Å²) in [7, 11) is 3.60. The molecule has 0 bridgehead atoms. The number of ether oxygens (including phenoxy) is 2. The lowest BCUT2D eigenvalue weighted by Gasteiger charge is -2.32. The number of likely N-dealkylation sites (tertiary alicyclic amines) is 1. The Morgan fingerprint density at radius 1 is 1.23 bits per heavy atom. The molecule has 1 aliphatic rings. The van der Waals surface area contributed by atoms with Gasteiger partial charge in [-0.3, -0.25) is 9.36 Å². The zero-order chi connectivity index (χ0) is 31.4. The van der Waals surface area contributed by atoms with Crippen LogP contribution in [0.15, 0.2) is 28.1 Å². The number of imidazole rings is 1. The number of carbonyl (C=O) groups is 1. The molecule has 3 rings (SSSR count). The molecule has 11 nitrogen and oxygen atoms in total. The fourth-order valence-electron chi connectivity index (χ4n) is 5.62. The topological polar surface area (TPSA) is 132 Å². The van der Waals surface area contributed by atoms with E-state index in [-0.39, 0.29) is 23.5 Å². The quantitative estimate of drug-likeness (QED) is 0.154. The number of aromatic nitrogens is 4. The second-order valence-corrected chi connectivity index (χ2v) is 12.2. The fourth-order valence-corrected chi connectivity index (χ4v) is 5.62. The summed E-state index contributed by atoms with van der Waals surface area (Å²) in [6, 6.07) is 0.223. The highest BCUT2D eigenvalue weighted by atomic mass is 16.5. The highest BCUT2D eigenvalue weighted by Gasteiger charge is 2.23. The third-order valence-corrected chi connectivity index (χ3v) is 8.00. The minimum Gasteiger partial charge on any atom is -0.469 e. The van der Waals surface area contributed by atoms with Crippen molar-refractivity contribution in [1.82, 2.24) is 29.3 Å². The second-order valence-electron chi connectivity index (χ2n) is 12.2. The summed E-state index contributed by atoms with van der Waals surface area (Å²) in [6.07, 6.45) is 10.6. The lowest BCUT2D eigenvalue weighted by molar-refractivity contribution is -0.139. The first-order valence-electron chi connectivity index (χ1n) is 15.8. The molecule has 0 atom stereocenters. The van der Waals surface area contributed by atoms with Crippen LogP contribution in [-0.4, -0.2) is 88.8 Å². The first kappa shape index (κ1) is 34.3. The van der Waals surface area contributed by atoms with Crippen molar-refractivity contribution in [3.8, 4) is 6.01 Å². The molecule has 3 N–H and O–H groups in total. The smallest absolute Gasteiger partial charge is 0.327 e. The summed E-state index contributed by atoms with van der Waals surface area (Å²) in [4.78, 5) is 41.1. The lowest BCUT2D eigenvalue weighted by atomic mass is 9.96. The van der Waals surface area contributed by atoms with E-state index in [0.29, 0.717) is 42.6 Å². The molecular formula is C32H53N7O4. The van der Waals surface area contributed by atoms with Gasteiger partial charge in [-0.25, -0.2) is 4.79 Å². The maximum Gasteiger partial charge on any atom is 0.327 e. The average molecular weight is 600 g/mol. The Hall–Kier alpha value is -3.18. The van der Waals surface area contributed by atoms with Crippen molar-refractivity contribution in [2.75, 3.05) is 59.2 Å². The van der Waals surface area contributed by atoms with Crippen LogP contribution in [0.3, 0.4) is 0 Å². The minimum atomic E-state index is -0.204. The van der Waals surface area contributed by atoms with Crippen molar-refractivity contribution in [2.24, 2.45) is 11.8 Å². The molecule has 3 heterocycles. The van der Waals surface area contributed by atoms with E-state index in [0.717, 1.165) is 76.8 Å². The number of anilines is 1. The van der Waals surface area contributed by atoms with Gasteiger partial charge in [-0.1, -0.05) is 44.9 Å². The molecule has 0 unspecified atom stereocenters. The fraction of sp³-hybridized carbons (Fsp3) is 0.688. The van der Waals surface area contributed by atoms with Crippen LogP contribution in [0.25, 0.3) is 11.2 Å². The summed E-state index contributed by atoms with van der Waals surface area (Å²) >= 11 is 0. The monoisotopic (exact) mass is 599 g/mol. The van der Waals surface area contributed by atoms with Crippen molar-refractivity contribution in [2.45, 2.75) is 79.2 Å². The van der Waals surface area contributed by atoms with Crippen molar-refractivity contribution < 1.29 is 14.3 Å². The Labute approximate surface area is 256 Å². The SMILES string of the molecule is C/C=C(\C=C(\CC(=O)OC)CC(C)C)CN(C)CCCN1CCC(Cn2c(=O)[nH]c3c(N)nc(OCCCC)nc32)CC1. The average Bonchev–Trinajstić information content (AvgIpc) is 3.28. The largest absolute Gasteiger partial charge is 0.469 e. The predicted octanol–water partition coefficient (Wildman–Crippen LogP) is 4.40. The predicted molar refractivity (Wildman–Crippen MR) is 172 cm³/mol. The molecule has 1 aliphatic heterocycles. The van der Waals surface area contributed by atoms with E-state index in [1.54, 1.807) is 4.57 Å². The van der Waals surface area contributed by atoms with E-state index in [1.165, 1.54) is 12.7 Å². The van der Waals surface area contributed by atoms with Crippen LogP contribution in [0, 0.1) is 11.8 Å². The van der Waals surface area contributed by atoms with Crippen LogP contribution in [0.4, 0.5) is 5.82 Å². The number of nitrogens with zero attached hydrogens (tertiary/aromatic N) is 5.